The second-order valence-corrected chi connectivity index (χ2v) is 6.58. The smallest absolute Gasteiger partial charge is 0.323 e. The van der Waals surface area contributed by atoms with E-state index in [2.05, 4.69) is 0 Å². The van der Waals surface area contributed by atoms with E-state index in [1.807, 2.05) is 6.07 Å². The lowest BCUT2D eigenvalue weighted by Crippen LogP contribution is -2.34. The molecule has 8 nitrogen and oxygen atoms in total. The first-order valence-electron chi connectivity index (χ1n) is 9.26. The summed E-state index contributed by atoms with van der Waals surface area (Å²) >= 11 is 0. The number of aliphatic carboxylic acids is 1. The van der Waals surface area contributed by atoms with Gasteiger partial charge in [0.05, 0.1) is 32.5 Å². The van der Waals surface area contributed by atoms with Crippen LogP contribution >= 0.6 is 0 Å². The molecule has 0 bridgehead atoms. The van der Waals surface area contributed by atoms with Crippen molar-refractivity contribution in [2.24, 2.45) is 0 Å². The van der Waals surface area contributed by atoms with Crippen molar-refractivity contribution in [3.8, 4) is 17.2 Å². The predicted molar refractivity (Wildman–Crippen MR) is 113 cm³/mol. The van der Waals surface area contributed by atoms with Crippen LogP contribution in [0.1, 0.15) is 11.1 Å². The summed E-state index contributed by atoms with van der Waals surface area (Å²) in [5.41, 5.74) is 1.39. The Labute approximate surface area is 178 Å². The monoisotopic (exact) mass is 423 g/mol. The minimum Gasteiger partial charge on any atom is -0.493 e. The van der Waals surface area contributed by atoms with Gasteiger partial charge in [0.2, 0.25) is 5.75 Å². The number of carboxylic acid groups (broad SMARTS) is 1. The highest BCUT2D eigenvalue weighted by atomic mass is 16.5. The summed E-state index contributed by atoms with van der Waals surface area (Å²) < 4.78 is 16.0. The van der Waals surface area contributed by atoms with E-state index < -0.39 is 24.3 Å². The molecule has 160 valence electrons. The highest BCUT2D eigenvalue weighted by Gasteiger charge is 2.39. The Morgan fingerprint density at radius 3 is 1.84 bits per heavy atom. The molecule has 0 unspecified atom stereocenters. The molecule has 1 heterocycles. The molecule has 2 aromatic rings. The SMILES string of the molecule is COc1cc(/C=C2/C(=O)N(CC(=O)O)C(=O)/C2=C\c2ccccc2)cc(OC)c1OC. The Bertz CT molecular complexity index is 1060. The van der Waals surface area contributed by atoms with E-state index in [9.17, 15) is 14.4 Å². The summed E-state index contributed by atoms with van der Waals surface area (Å²) in [4.78, 5) is 37.7. The number of methoxy groups -OCH3 is 3. The van der Waals surface area contributed by atoms with Crippen LogP contribution in [0.25, 0.3) is 12.2 Å². The van der Waals surface area contributed by atoms with E-state index in [0.717, 1.165) is 0 Å². The van der Waals surface area contributed by atoms with Crippen LogP contribution < -0.4 is 14.2 Å². The lowest BCUT2D eigenvalue weighted by molar-refractivity contribution is -0.147. The van der Waals surface area contributed by atoms with E-state index in [1.165, 1.54) is 27.4 Å². The first-order chi connectivity index (χ1) is 14.9. The minimum atomic E-state index is -1.28. The Balaban J connectivity index is 2.16. The lowest BCUT2D eigenvalue weighted by Gasteiger charge is -2.13. The minimum absolute atomic E-state index is 0.0735. The maximum Gasteiger partial charge on any atom is 0.323 e. The molecule has 31 heavy (non-hydrogen) atoms. The van der Waals surface area contributed by atoms with Crippen LogP contribution in [0.5, 0.6) is 17.2 Å². The van der Waals surface area contributed by atoms with Crippen molar-refractivity contribution in [1.82, 2.24) is 4.90 Å². The average Bonchev–Trinajstić information content (AvgIpc) is 2.97. The molecule has 1 aliphatic heterocycles. The van der Waals surface area contributed by atoms with Gasteiger partial charge in [0.25, 0.3) is 11.8 Å². The van der Waals surface area contributed by atoms with Crippen LogP contribution in [0.3, 0.4) is 0 Å². The first-order valence-corrected chi connectivity index (χ1v) is 9.26. The Hall–Kier alpha value is -4.07. The van der Waals surface area contributed by atoms with E-state index in [1.54, 1.807) is 42.5 Å². The van der Waals surface area contributed by atoms with Crippen molar-refractivity contribution in [2.45, 2.75) is 0 Å². The highest BCUT2D eigenvalue weighted by molar-refractivity contribution is 6.28. The molecule has 2 aromatic carbocycles. The number of amides is 2. The quantitative estimate of drug-likeness (QED) is 0.539. The van der Waals surface area contributed by atoms with Crippen molar-refractivity contribution in [3.05, 3.63) is 64.7 Å². The van der Waals surface area contributed by atoms with Crippen LogP contribution in [-0.2, 0) is 14.4 Å². The third-order valence-corrected chi connectivity index (χ3v) is 4.64. The molecule has 1 fully saturated rings. The van der Waals surface area contributed by atoms with Gasteiger partial charge in [-0.1, -0.05) is 30.3 Å². The molecule has 8 heteroatoms. The molecule has 2 amide bonds. The van der Waals surface area contributed by atoms with Crippen molar-refractivity contribution in [1.29, 1.82) is 0 Å². The topological polar surface area (TPSA) is 102 Å². The summed E-state index contributed by atoms with van der Waals surface area (Å²) in [6.07, 6.45) is 3.06. The lowest BCUT2D eigenvalue weighted by atomic mass is 10.0. The van der Waals surface area contributed by atoms with E-state index in [-0.39, 0.29) is 11.1 Å². The zero-order valence-corrected chi connectivity index (χ0v) is 17.2. The van der Waals surface area contributed by atoms with Gasteiger partial charge < -0.3 is 19.3 Å². The summed E-state index contributed by atoms with van der Waals surface area (Å²) in [6, 6.07) is 12.2. The van der Waals surface area contributed by atoms with Crippen LogP contribution in [0.4, 0.5) is 0 Å². The number of likely N-dealkylation sites (tertiary alicyclic amines) is 1. The third-order valence-electron chi connectivity index (χ3n) is 4.64. The zero-order chi connectivity index (χ0) is 22.5. The number of benzene rings is 2. The van der Waals surface area contributed by atoms with Crippen molar-refractivity contribution in [2.75, 3.05) is 27.9 Å². The average molecular weight is 423 g/mol. The van der Waals surface area contributed by atoms with Crippen LogP contribution in [-0.4, -0.2) is 55.7 Å². The fraction of sp³-hybridized carbons (Fsp3) is 0.174. The second kappa shape index (κ2) is 9.17. The Kier molecular flexibility index (Phi) is 6.40. The molecule has 0 spiro atoms. The van der Waals surface area contributed by atoms with Crippen molar-refractivity contribution < 1.29 is 33.7 Å². The van der Waals surface area contributed by atoms with Gasteiger partial charge in [-0.25, -0.2) is 0 Å². The maximum atomic E-state index is 12.9. The number of imide groups is 1. The number of hydrogen-bond acceptors (Lipinski definition) is 6. The molecule has 0 atom stereocenters. The molecule has 3 rings (SSSR count). The largest absolute Gasteiger partial charge is 0.493 e. The van der Waals surface area contributed by atoms with Gasteiger partial charge in [0, 0.05) is 0 Å². The molecule has 0 radical (unpaired) electrons. The van der Waals surface area contributed by atoms with E-state index in [4.69, 9.17) is 19.3 Å². The van der Waals surface area contributed by atoms with E-state index in [0.29, 0.717) is 33.3 Å². The van der Waals surface area contributed by atoms with Crippen LogP contribution in [0, 0.1) is 0 Å². The van der Waals surface area contributed by atoms with Crippen LogP contribution in [0.15, 0.2) is 53.6 Å². The molecule has 1 aliphatic rings. The standard InChI is InChI=1S/C23H21NO7/c1-29-18-11-15(12-19(30-2)21(18)31-3)10-17-16(9-14-7-5-4-6-8-14)22(27)24(23(17)28)13-20(25)26/h4-12H,13H2,1-3H3,(H,25,26)/b16-9-,17-10+. The summed E-state index contributed by atoms with van der Waals surface area (Å²) in [5, 5.41) is 9.12. The fourth-order valence-corrected chi connectivity index (χ4v) is 3.24. The number of rotatable bonds is 7. The molecular formula is C23H21NO7. The van der Waals surface area contributed by atoms with Crippen molar-refractivity contribution in [3.63, 3.8) is 0 Å². The summed E-state index contributed by atoms with van der Waals surface area (Å²) in [7, 11) is 4.41. The Morgan fingerprint density at radius 1 is 0.871 bits per heavy atom. The summed E-state index contributed by atoms with van der Waals surface area (Å²) in [5.74, 6) is -1.51. The van der Waals surface area contributed by atoms with E-state index >= 15 is 0 Å². The number of carboxylic acids is 1. The first kappa shape index (κ1) is 21.6. The second-order valence-electron chi connectivity index (χ2n) is 6.58. The highest BCUT2D eigenvalue weighted by Crippen LogP contribution is 2.39. The van der Waals surface area contributed by atoms with Gasteiger partial charge >= 0.3 is 5.97 Å². The van der Waals surface area contributed by atoms with Crippen LogP contribution in [0.2, 0.25) is 0 Å². The zero-order valence-electron chi connectivity index (χ0n) is 17.2. The number of hydrogen-bond donors (Lipinski definition) is 1. The number of carbonyl (C=O) groups is 3. The number of ether oxygens (including phenoxy) is 3. The normalized spacial score (nSPS) is 16.2. The molecule has 0 aliphatic carbocycles. The van der Waals surface area contributed by atoms with Gasteiger partial charge in [0.15, 0.2) is 11.5 Å². The number of carbonyl (C=O) groups excluding carboxylic acids is 2. The van der Waals surface area contributed by atoms with Crippen molar-refractivity contribution >= 4 is 29.9 Å². The molecular weight excluding hydrogens is 402 g/mol. The van der Waals surface area contributed by atoms with Gasteiger partial charge in [-0.2, -0.15) is 0 Å². The molecule has 1 saturated heterocycles. The fourth-order valence-electron chi connectivity index (χ4n) is 3.24. The summed E-state index contributed by atoms with van der Waals surface area (Å²) in [6.45, 7) is -0.726. The molecule has 0 aromatic heterocycles. The van der Waals surface area contributed by atoms with Gasteiger partial charge in [0.1, 0.15) is 6.54 Å². The van der Waals surface area contributed by atoms with Gasteiger partial charge in [-0.3, -0.25) is 19.3 Å². The van der Waals surface area contributed by atoms with Gasteiger partial charge in [-0.05, 0) is 35.4 Å². The predicted octanol–water partition coefficient (Wildman–Crippen LogP) is 2.63. The number of nitrogens with zero attached hydrogens (tertiary/aromatic N) is 1. The third kappa shape index (κ3) is 4.42. The van der Waals surface area contributed by atoms with Gasteiger partial charge in [-0.15, -0.1) is 0 Å². The Morgan fingerprint density at radius 2 is 1.39 bits per heavy atom. The molecule has 0 saturated carbocycles. The molecule has 1 N–H and O–H groups in total. The maximum absolute atomic E-state index is 12.9.